The van der Waals surface area contributed by atoms with Crippen LogP contribution in [0.4, 0.5) is 4.79 Å². The number of nitrogens with two attached hydrogens (primary N) is 1. The number of carbonyl (C=O) groups is 3. The molecule has 8 nitrogen and oxygen atoms in total. The molecule has 196 valence electrons. The minimum absolute atomic E-state index is 0.0171. The Kier molecular flexibility index (Phi) is 10.7. The summed E-state index contributed by atoms with van der Waals surface area (Å²) in [6.45, 7) is 11.0. The number of carbonyl (C=O) groups excluding carboxylic acids is 3. The maximum absolute atomic E-state index is 13.2. The molecule has 3 amide bonds. The van der Waals surface area contributed by atoms with Crippen molar-refractivity contribution in [2.24, 2.45) is 5.73 Å². The minimum Gasteiger partial charge on any atom is -0.445 e. The average molecular weight is 514 g/mol. The number of hydrogen-bond acceptors (Lipinski definition) is 5. The third-order valence-corrected chi connectivity index (χ3v) is 11.0. The third-order valence-electron chi connectivity index (χ3n) is 6.44. The van der Waals surface area contributed by atoms with E-state index < -0.39 is 38.3 Å². The molecule has 2 atom stereocenters. The maximum atomic E-state index is 13.2. The van der Waals surface area contributed by atoms with Crippen LogP contribution in [0.2, 0.25) is 18.1 Å². The molecule has 2 aromatic rings. The molecule has 4 N–H and O–H groups in total. The number of rotatable bonds is 12. The SMILES string of the molecule is CC(C)(C)[Si](C)(C)OCC[C@@H](NC(=O)[C@@H](Cc1ccccc1)NC(=O)OCc1ccccc1)C(N)=O. The monoisotopic (exact) mass is 513 g/mol. The van der Waals surface area contributed by atoms with Crippen LogP contribution < -0.4 is 16.4 Å². The molecule has 9 heteroatoms. The molecule has 0 aliphatic carbocycles. The highest BCUT2D eigenvalue weighted by Gasteiger charge is 2.37. The van der Waals surface area contributed by atoms with Crippen molar-refractivity contribution < 1.29 is 23.5 Å². The first-order chi connectivity index (χ1) is 16.9. The van der Waals surface area contributed by atoms with Gasteiger partial charge in [-0.15, -0.1) is 0 Å². The van der Waals surface area contributed by atoms with Crippen molar-refractivity contribution in [2.45, 2.75) is 70.4 Å². The molecule has 0 spiro atoms. The van der Waals surface area contributed by atoms with E-state index in [-0.39, 0.29) is 24.5 Å². The van der Waals surface area contributed by atoms with Gasteiger partial charge in [0.15, 0.2) is 8.32 Å². The normalized spacial score (nSPS) is 13.4. The Morgan fingerprint density at radius 2 is 1.44 bits per heavy atom. The smallest absolute Gasteiger partial charge is 0.408 e. The molecule has 36 heavy (non-hydrogen) atoms. The van der Waals surface area contributed by atoms with Crippen molar-refractivity contribution in [3.8, 4) is 0 Å². The topological polar surface area (TPSA) is 120 Å². The molecule has 0 aromatic heterocycles. The van der Waals surface area contributed by atoms with Crippen molar-refractivity contribution in [1.29, 1.82) is 0 Å². The fourth-order valence-corrected chi connectivity index (χ4v) is 4.23. The van der Waals surface area contributed by atoms with E-state index in [1.54, 1.807) is 0 Å². The zero-order chi connectivity index (χ0) is 26.8. The van der Waals surface area contributed by atoms with Gasteiger partial charge in [0.05, 0.1) is 0 Å². The summed E-state index contributed by atoms with van der Waals surface area (Å²) in [7, 11) is -2.02. The molecular formula is C27H39N3O5Si. The molecule has 0 aliphatic rings. The highest BCUT2D eigenvalue weighted by atomic mass is 28.4. The lowest BCUT2D eigenvalue weighted by molar-refractivity contribution is -0.128. The highest BCUT2D eigenvalue weighted by Crippen LogP contribution is 2.36. The number of alkyl carbamates (subject to hydrolysis) is 1. The van der Waals surface area contributed by atoms with Crippen molar-refractivity contribution in [3.05, 3.63) is 71.8 Å². The van der Waals surface area contributed by atoms with Crippen LogP contribution in [0.15, 0.2) is 60.7 Å². The lowest BCUT2D eigenvalue weighted by Gasteiger charge is -2.36. The first-order valence-corrected chi connectivity index (χ1v) is 15.0. The number of primary amides is 1. The zero-order valence-electron chi connectivity index (χ0n) is 21.9. The summed E-state index contributed by atoms with van der Waals surface area (Å²) in [4.78, 5) is 37.8. The Morgan fingerprint density at radius 3 is 1.97 bits per heavy atom. The van der Waals surface area contributed by atoms with Crippen LogP contribution in [-0.2, 0) is 31.8 Å². The summed E-state index contributed by atoms with van der Waals surface area (Å²) in [5.74, 6) is -1.18. The summed E-state index contributed by atoms with van der Waals surface area (Å²) in [6.07, 6.45) is -0.268. The van der Waals surface area contributed by atoms with Gasteiger partial charge in [-0.25, -0.2) is 4.79 Å². The number of amides is 3. The van der Waals surface area contributed by atoms with E-state index in [0.717, 1.165) is 11.1 Å². The Hall–Kier alpha value is -3.17. The second kappa shape index (κ2) is 13.2. The van der Waals surface area contributed by atoms with E-state index in [0.29, 0.717) is 6.61 Å². The van der Waals surface area contributed by atoms with Crippen LogP contribution in [0.1, 0.15) is 38.3 Å². The predicted octanol–water partition coefficient (Wildman–Crippen LogP) is 3.91. The van der Waals surface area contributed by atoms with Gasteiger partial charge >= 0.3 is 6.09 Å². The Balaban J connectivity index is 2.04. The molecule has 0 bridgehead atoms. The van der Waals surface area contributed by atoms with Crippen molar-refractivity contribution in [1.82, 2.24) is 10.6 Å². The summed E-state index contributed by atoms with van der Waals surface area (Å²) in [5.41, 5.74) is 7.25. The van der Waals surface area contributed by atoms with Crippen LogP contribution in [0.3, 0.4) is 0 Å². The van der Waals surface area contributed by atoms with Gasteiger partial charge in [-0.1, -0.05) is 81.4 Å². The molecule has 2 rings (SSSR count). The fraction of sp³-hybridized carbons (Fsp3) is 0.444. The van der Waals surface area contributed by atoms with E-state index >= 15 is 0 Å². The molecular weight excluding hydrogens is 474 g/mol. The Labute approximate surface area is 215 Å². The molecule has 0 saturated carbocycles. The van der Waals surface area contributed by atoms with Gasteiger partial charge in [0.1, 0.15) is 18.7 Å². The van der Waals surface area contributed by atoms with Gasteiger partial charge in [-0.2, -0.15) is 0 Å². The number of hydrogen-bond donors (Lipinski definition) is 3. The van der Waals surface area contributed by atoms with Crippen molar-refractivity contribution in [2.75, 3.05) is 6.61 Å². The van der Waals surface area contributed by atoms with Gasteiger partial charge in [-0.05, 0) is 35.7 Å². The van der Waals surface area contributed by atoms with Crippen molar-refractivity contribution >= 4 is 26.2 Å². The number of benzene rings is 2. The largest absolute Gasteiger partial charge is 0.445 e. The van der Waals surface area contributed by atoms with Gasteiger partial charge < -0.3 is 25.5 Å². The highest BCUT2D eigenvalue weighted by molar-refractivity contribution is 6.74. The van der Waals surface area contributed by atoms with Gasteiger partial charge in [-0.3, -0.25) is 9.59 Å². The maximum Gasteiger partial charge on any atom is 0.408 e. The van der Waals surface area contributed by atoms with Crippen molar-refractivity contribution in [3.63, 3.8) is 0 Å². The third kappa shape index (κ3) is 9.47. The predicted molar refractivity (Wildman–Crippen MR) is 143 cm³/mol. The van der Waals surface area contributed by atoms with E-state index in [1.165, 1.54) is 0 Å². The molecule has 0 aliphatic heterocycles. The van der Waals surface area contributed by atoms with E-state index in [9.17, 15) is 14.4 Å². The van der Waals surface area contributed by atoms with Crippen LogP contribution in [-0.4, -0.2) is 44.9 Å². The average Bonchev–Trinajstić information content (AvgIpc) is 2.82. The van der Waals surface area contributed by atoms with Crippen LogP contribution >= 0.6 is 0 Å². The molecule has 0 unspecified atom stereocenters. The summed E-state index contributed by atoms with van der Waals surface area (Å²) in [5, 5.41) is 5.34. The molecule has 0 saturated heterocycles. The summed E-state index contributed by atoms with van der Waals surface area (Å²) < 4.78 is 11.4. The van der Waals surface area contributed by atoms with E-state index in [4.69, 9.17) is 14.9 Å². The van der Waals surface area contributed by atoms with Crippen LogP contribution in [0.25, 0.3) is 0 Å². The first-order valence-electron chi connectivity index (χ1n) is 12.1. The van der Waals surface area contributed by atoms with E-state index in [2.05, 4.69) is 44.5 Å². The van der Waals surface area contributed by atoms with Gasteiger partial charge in [0.2, 0.25) is 11.8 Å². The molecule has 0 radical (unpaired) electrons. The fourth-order valence-electron chi connectivity index (χ4n) is 3.17. The van der Waals surface area contributed by atoms with E-state index in [1.807, 2.05) is 60.7 Å². The van der Waals surface area contributed by atoms with Gasteiger partial charge in [0.25, 0.3) is 0 Å². The lowest BCUT2D eigenvalue weighted by Crippen LogP contribution is -2.54. The Morgan fingerprint density at radius 1 is 0.889 bits per heavy atom. The lowest BCUT2D eigenvalue weighted by atomic mass is 10.0. The molecule has 2 aromatic carbocycles. The first kappa shape index (κ1) is 29.1. The quantitative estimate of drug-likeness (QED) is 0.372. The summed E-state index contributed by atoms with van der Waals surface area (Å²) in [6, 6.07) is 16.6. The second-order valence-electron chi connectivity index (χ2n) is 10.3. The van der Waals surface area contributed by atoms with Crippen LogP contribution in [0, 0.1) is 0 Å². The standard InChI is InChI=1S/C27H39N3O5Si/c1-27(2,3)36(4,5)35-17-16-22(24(28)31)29-25(32)23(18-20-12-8-6-9-13-20)30-26(33)34-19-21-14-10-7-11-15-21/h6-15,22-23H,16-19H2,1-5H3,(H2,28,31)(H,29,32)(H,30,33)/t22-,23-/m1/s1. The Bertz CT molecular complexity index is 993. The second-order valence-corrected chi connectivity index (χ2v) is 15.1. The molecule has 0 heterocycles. The van der Waals surface area contributed by atoms with Gasteiger partial charge in [0, 0.05) is 13.0 Å². The summed E-state index contributed by atoms with van der Waals surface area (Å²) >= 11 is 0. The van der Waals surface area contributed by atoms with Crippen LogP contribution in [0.5, 0.6) is 0 Å². The minimum atomic E-state index is -2.02. The molecule has 0 fully saturated rings. The zero-order valence-corrected chi connectivity index (χ0v) is 22.9. The number of ether oxygens (including phenoxy) is 1. The number of nitrogens with one attached hydrogen (secondary N) is 2.